The second kappa shape index (κ2) is 2.70. The molecule has 1 nitrogen and oxygen atoms in total. The molecule has 0 radical (unpaired) electrons. The Morgan fingerprint density at radius 1 is 1.36 bits per heavy atom. The van der Waals surface area contributed by atoms with Crippen LogP contribution in [0.1, 0.15) is 11.1 Å². The van der Waals surface area contributed by atoms with E-state index in [1.54, 1.807) is 0 Å². The van der Waals surface area contributed by atoms with E-state index in [2.05, 4.69) is 28.1 Å². The van der Waals surface area contributed by atoms with Gasteiger partial charge in [0.05, 0.1) is 0 Å². The van der Waals surface area contributed by atoms with E-state index >= 15 is 0 Å². The highest BCUT2D eigenvalue weighted by Crippen LogP contribution is 2.29. The summed E-state index contributed by atoms with van der Waals surface area (Å²) in [7, 11) is 0. The summed E-state index contributed by atoms with van der Waals surface area (Å²) in [5.41, 5.74) is 2.46. The molecule has 0 saturated heterocycles. The summed E-state index contributed by atoms with van der Waals surface area (Å²) in [5.74, 6) is 0.931. The number of ether oxygens (including phenoxy) is 1. The van der Waals surface area contributed by atoms with E-state index in [0.29, 0.717) is 6.61 Å². The third kappa shape index (κ3) is 1.07. The van der Waals surface area contributed by atoms with Crippen molar-refractivity contribution < 1.29 is 4.74 Å². The van der Waals surface area contributed by atoms with E-state index in [9.17, 15) is 0 Å². The van der Waals surface area contributed by atoms with Gasteiger partial charge in [-0.25, -0.2) is 0 Å². The fourth-order valence-corrected chi connectivity index (χ4v) is 1.59. The van der Waals surface area contributed by atoms with Crippen LogP contribution in [0, 0.1) is 0 Å². The Kier molecular flexibility index (Phi) is 1.70. The number of hydrogen-bond acceptors (Lipinski definition) is 1. The monoisotopic (exact) mass is 210 g/mol. The fraction of sp³-hybridized carbons (Fsp3) is 0.111. The van der Waals surface area contributed by atoms with Crippen molar-refractivity contribution in [1.82, 2.24) is 0 Å². The zero-order valence-corrected chi connectivity index (χ0v) is 7.47. The van der Waals surface area contributed by atoms with Gasteiger partial charge in [-0.05, 0) is 0 Å². The number of rotatable bonds is 0. The minimum Gasteiger partial charge on any atom is -0.488 e. The molecule has 1 heterocycles. The molecule has 0 bridgehead atoms. The maximum absolute atomic E-state index is 5.39. The van der Waals surface area contributed by atoms with Gasteiger partial charge in [0.2, 0.25) is 0 Å². The van der Waals surface area contributed by atoms with Gasteiger partial charge in [0.15, 0.2) is 0 Å². The van der Waals surface area contributed by atoms with Gasteiger partial charge in [-0.3, -0.25) is 0 Å². The van der Waals surface area contributed by atoms with E-state index in [1.807, 2.05) is 17.1 Å². The van der Waals surface area contributed by atoms with Crippen molar-refractivity contribution >= 4 is 21.7 Å². The van der Waals surface area contributed by atoms with Gasteiger partial charge >= 0.3 is 0 Å². The van der Waals surface area contributed by atoms with Crippen molar-refractivity contribution in [2.24, 2.45) is 0 Å². The van der Waals surface area contributed by atoms with Crippen LogP contribution in [0.5, 0.6) is 0 Å². The summed E-state index contributed by atoms with van der Waals surface area (Å²) in [4.78, 5) is 1.82. The Labute approximate surface area is 73.8 Å². The lowest BCUT2D eigenvalue weighted by atomic mass is 10.1. The van der Waals surface area contributed by atoms with Crippen molar-refractivity contribution in [2.45, 2.75) is 6.61 Å². The van der Waals surface area contributed by atoms with Crippen LogP contribution in [0.4, 0.5) is 0 Å². The third-order valence-electron chi connectivity index (χ3n) is 1.77. The summed E-state index contributed by atoms with van der Waals surface area (Å²) < 4.78 is 5.39. The largest absolute Gasteiger partial charge is 0.488 e. The van der Waals surface area contributed by atoms with Crippen LogP contribution in [0.2, 0.25) is 0 Å². The predicted octanol–water partition coefficient (Wildman–Crippen LogP) is 2.91. The SMILES string of the molecule is BrC=C1OCc2ccccc21. The van der Waals surface area contributed by atoms with Crippen LogP contribution in [-0.4, -0.2) is 0 Å². The van der Waals surface area contributed by atoms with Crippen molar-refractivity contribution in [3.63, 3.8) is 0 Å². The lowest BCUT2D eigenvalue weighted by molar-refractivity contribution is 0.286. The van der Waals surface area contributed by atoms with Crippen molar-refractivity contribution in [3.8, 4) is 0 Å². The van der Waals surface area contributed by atoms with E-state index < -0.39 is 0 Å². The minimum absolute atomic E-state index is 0.702. The molecule has 1 aromatic carbocycles. The number of hydrogen-bond donors (Lipinski definition) is 0. The topological polar surface area (TPSA) is 9.23 Å². The summed E-state index contributed by atoms with van der Waals surface area (Å²) in [6.45, 7) is 0.702. The molecule has 0 amide bonds. The summed E-state index contributed by atoms with van der Waals surface area (Å²) in [6, 6.07) is 8.19. The van der Waals surface area contributed by atoms with E-state index in [4.69, 9.17) is 4.74 Å². The zero-order valence-electron chi connectivity index (χ0n) is 5.88. The molecule has 1 aliphatic rings. The van der Waals surface area contributed by atoms with Crippen LogP contribution < -0.4 is 0 Å². The van der Waals surface area contributed by atoms with Crippen LogP contribution in [-0.2, 0) is 11.3 Å². The average molecular weight is 211 g/mol. The second-order valence-electron chi connectivity index (χ2n) is 2.42. The highest BCUT2D eigenvalue weighted by atomic mass is 79.9. The van der Waals surface area contributed by atoms with Gasteiger partial charge < -0.3 is 4.74 Å². The van der Waals surface area contributed by atoms with Gasteiger partial charge in [0.25, 0.3) is 0 Å². The molecule has 2 rings (SSSR count). The Morgan fingerprint density at radius 2 is 2.18 bits per heavy atom. The van der Waals surface area contributed by atoms with Gasteiger partial charge in [-0.2, -0.15) is 0 Å². The lowest BCUT2D eigenvalue weighted by Gasteiger charge is -1.94. The van der Waals surface area contributed by atoms with Crippen LogP contribution in [0.3, 0.4) is 0 Å². The minimum atomic E-state index is 0.702. The molecule has 0 spiro atoms. The highest BCUT2D eigenvalue weighted by molar-refractivity contribution is 9.11. The molecule has 11 heavy (non-hydrogen) atoms. The predicted molar refractivity (Wildman–Crippen MR) is 48.1 cm³/mol. The van der Waals surface area contributed by atoms with Crippen molar-refractivity contribution in [1.29, 1.82) is 0 Å². The molecular formula is C9H7BrO. The van der Waals surface area contributed by atoms with Gasteiger partial charge in [-0.1, -0.05) is 40.2 Å². The van der Waals surface area contributed by atoms with Gasteiger partial charge in [0.1, 0.15) is 12.4 Å². The van der Waals surface area contributed by atoms with E-state index in [0.717, 1.165) is 5.76 Å². The first-order valence-corrected chi connectivity index (χ1v) is 4.35. The zero-order chi connectivity index (χ0) is 7.68. The molecule has 0 fully saturated rings. The van der Waals surface area contributed by atoms with Gasteiger partial charge in [0, 0.05) is 16.1 Å². The van der Waals surface area contributed by atoms with Crippen LogP contribution in [0.15, 0.2) is 29.3 Å². The molecule has 0 saturated carbocycles. The molecule has 1 aliphatic heterocycles. The van der Waals surface area contributed by atoms with Crippen molar-refractivity contribution in [2.75, 3.05) is 0 Å². The number of fused-ring (bicyclic) bond motifs is 1. The Morgan fingerprint density at radius 3 is 3.00 bits per heavy atom. The third-order valence-corrected chi connectivity index (χ3v) is 2.18. The maximum atomic E-state index is 5.39. The molecular weight excluding hydrogens is 204 g/mol. The summed E-state index contributed by atoms with van der Waals surface area (Å²) in [6.07, 6.45) is 0. The second-order valence-corrected chi connectivity index (χ2v) is 2.88. The summed E-state index contributed by atoms with van der Waals surface area (Å²) >= 11 is 3.26. The first kappa shape index (κ1) is 6.92. The van der Waals surface area contributed by atoms with Crippen LogP contribution >= 0.6 is 15.9 Å². The summed E-state index contributed by atoms with van der Waals surface area (Å²) in [5, 5.41) is 0. The molecule has 2 heteroatoms. The van der Waals surface area contributed by atoms with E-state index in [-0.39, 0.29) is 0 Å². The first-order valence-electron chi connectivity index (χ1n) is 3.43. The fourth-order valence-electron chi connectivity index (χ4n) is 1.21. The molecule has 0 unspecified atom stereocenters. The Balaban J connectivity index is 2.55. The highest BCUT2D eigenvalue weighted by Gasteiger charge is 2.15. The number of benzene rings is 1. The lowest BCUT2D eigenvalue weighted by Crippen LogP contribution is -1.77. The van der Waals surface area contributed by atoms with E-state index in [1.165, 1.54) is 11.1 Å². The van der Waals surface area contributed by atoms with Crippen LogP contribution in [0.25, 0.3) is 5.76 Å². The van der Waals surface area contributed by atoms with Gasteiger partial charge in [-0.15, -0.1) is 0 Å². The molecule has 0 N–H and O–H groups in total. The molecule has 56 valence electrons. The Bertz CT molecular complexity index is 304. The Hall–Kier alpha value is -0.760. The van der Waals surface area contributed by atoms with Crippen molar-refractivity contribution in [3.05, 3.63) is 40.4 Å². The standard InChI is InChI=1S/C9H7BrO/c10-5-9-8-4-2-1-3-7(8)6-11-9/h1-5H,6H2. The average Bonchev–Trinajstić information content (AvgIpc) is 2.47. The quantitative estimate of drug-likeness (QED) is 0.641. The molecule has 0 aliphatic carbocycles. The normalized spacial score (nSPS) is 18.1. The smallest absolute Gasteiger partial charge is 0.134 e. The first-order chi connectivity index (χ1) is 5.42. The molecule has 0 atom stereocenters. The maximum Gasteiger partial charge on any atom is 0.134 e. The molecule has 0 aromatic heterocycles. The molecule has 1 aromatic rings. The number of halogens is 1.